The molecule has 0 bridgehead atoms. The minimum atomic E-state index is -1.03. The van der Waals surface area contributed by atoms with Gasteiger partial charge in [-0.2, -0.15) is 0 Å². The largest absolute Gasteiger partial charge is 0.485 e. The maximum atomic E-state index is 13.1. The van der Waals surface area contributed by atoms with E-state index >= 15 is 0 Å². The molecule has 0 atom stereocenters. The van der Waals surface area contributed by atoms with Gasteiger partial charge in [-0.3, -0.25) is 4.79 Å². The van der Waals surface area contributed by atoms with Gasteiger partial charge in [-0.05, 0) is 55.0 Å². The molecule has 1 N–H and O–H groups in total. The van der Waals surface area contributed by atoms with Crippen LogP contribution in [0.4, 0.5) is 4.39 Å². The predicted molar refractivity (Wildman–Crippen MR) is 74.4 cm³/mol. The summed E-state index contributed by atoms with van der Waals surface area (Å²) < 4.78 is 18.4. The summed E-state index contributed by atoms with van der Waals surface area (Å²) in [5, 5.41) is 8.77. The average Bonchev–Trinajstić information content (AvgIpc) is 2.48. The standard InChI is InChI=1S/C16H13FO4/c1-10-8-12(4-7-14(10)17)15(18)9-21-13-5-2-11(3-6-13)16(19)20/h2-8H,9H2,1H3,(H,19,20). The Morgan fingerprint density at radius 2 is 1.71 bits per heavy atom. The zero-order chi connectivity index (χ0) is 15.4. The highest BCUT2D eigenvalue weighted by molar-refractivity contribution is 5.97. The summed E-state index contributed by atoms with van der Waals surface area (Å²) in [6.45, 7) is 1.38. The van der Waals surface area contributed by atoms with E-state index in [2.05, 4.69) is 0 Å². The lowest BCUT2D eigenvalue weighted by Crippen LogP contribution is -2.12. The normalized spacial score (nSPS) is 10.2. The Kier molecular flexibility index (Phi) is 4.33. The molecule has 0 aromatic heterocycles. The number of halogens is 1. The van der Waals surface area contributed by atoms with Gasteiger partial charge in [0, 0.05) is 5.56 Å². The summed E-state index contributed by atoms with van der Waals surface area (Å²) in [5.74, 6) is -1.27. The van der Waals surface area contributed by atoms with E-state index in [4.69, 9.17) is 9.84 Å². The summed E-state index contributed by atoms with van der Waals surface area (Å²) in [6, 6.07) is 9.86. The van der Waals surface area contributed by atoms with Crippen LogP contribution in [0.5, 0.6) is 5.75 Å². The number of rotatable bonds is 5. The van der Waals surface area contributed by atoms with Crippen LogP contribution < -0.4 is 4.74 Å². The summed E-state index contributed by atoms with van der Waals surface area (Å²) in [7, 11) is 0. The number of Topliss-reactive ketones (excluding diaryl/α,β-unsaturated/α-hetero) is 1. The lowest BCUT2D eigenvalue weighted by molar-refractivity contribution is 0.0696. The molecule has 0 fully saturated rings. The van der Waals surface area contributed by atoms with Gasteiger partial charge >= 0.3 is 5.97 Å². The second-order valence-corrected chi connectivity index (χ2v) is 4.51. The number of aryl methyl sites for hydroxylation is 1. The molecule has 0 amide bonds. The van der Waals surface area contributed by atoms with Crippen molar-refractivity contribution in [2.45, 2.75) is 6.92 Å². The van der Waals surface area contributed by atoms with E-state index in [1.807, 2.05) is 0 Å². The van der Waals surface area contributed by atoms with Crippen molar-refractivity contribution in [1.82, 2.24) is 0 Å². The van der Waals surface area contributed by atoms with E-state index in [9.17, 15) is 14.0 Å². The smallest absolute Gasteiger partial charge is 0.335 e. The quantitative estimate of drug-likeness (QED) is 0.859. The molecule has 0 aliphatic rings. The Morgan fingerprint density at radius 3 is 2.29 bits per heavy atom. The zero-order valence-corrected chi connectivity index (χ0v) is 11.3. The monoisotopic (exact) mass is 288 g/mol. The number of carboxylic acids is 1. The molecular weight excluding hydrogens is 275 g/mol. The van der Waals surface area contributed by atoms with E-state index in [1.165, 1.54) is 42.5 Å². The molecule has 0 heterocycles. The summed E-state index contributed by atoms with van der Waals surface area (Å²) >= 11 is 0. The van der Waals surface area contributed by atoms with Crippen molar-refractivity contribution < 1.29 is 23.8 Å². The van der Waals surface area contributed by atoms with Crippen molar-refractivity contribution in [3.8, 4) is 5.75 Å². The fourth-order valence-corrected chi connectivity index (χ4v) is 1.74. The lowest BCUT2D eigenvalue weighted by Gasteiger charge is -2.06. The number of hydrogen-bond donors (Lipinski definition) is 1. The molecule has 2 aromatic carbocycles. The van der Waals surface area contributed by atoms with Gasteiger partial charge in [0.15, 0.2) is 12.4 Å². The average molecular weight is 288 g/mol. The number of carboxylic acid groups (broad SMARTS) is 1. The predicted octanol–water partition coefficient (Wildman–Crippen LogP) is 3.09. The maximum absolute atomic E-state index is 13.1. The van der Waals surface area contributed by atoms with Gasteiger partial charge in [0.2, 0.25) is 0 Å². The number of carbonyl (C=O) groups is 2. The molecular formula is C16H13FO4. The molecule has 0 aliphatic heterocycles. The third-order valence-electron chi connectivity index (χ3n) is 2.95. The molecule has 2 rings (SSSR count). The van der Waals surface area contributed by atoms with Gasteiger partial charge < -0.3 is 9.84 Å². The van der Waals surface area contributed by atoms with Gasteiger partial charge in [-0.15, -0.1) is 0 Å². The summed E-state index contributed by atoms with van der Waals surface area (Å²) in [4.78, 5) is 22.6. The molecule has 0 radical (unpaired) electrons. The van der Waals surface area contributed by atoms with Crippen molar-refractivity contribution in [3.63, 3.8) is 0 Å². The summed E-state index contributed by atoms with van der Waals surface area (Å²) in [5.41, 5.74) is 0.908. The molecule has 108 valence electrons. The first-order chi connectivity index (χ1) is 9.97. The molecule has 0 saturated carbocycles. The molecule has 0 saturated heterocycles. The highest BCUT2D eigenvalue weighted by atomic mass is 19.1. The van der Waals surface area contributed by atoms with Crippen LogP contribution in [-0.4, -0.2) is 23.5 Å². The van der Waals surface area contributed by atoms with Crippen molar-refractivity contribution in [2.75, 3.05) is 6.61 Å². The fraction of sp³-hybridized carbons (Fsp3) is 0.125. The summed E-state index contributed by atoms with van der Waals surface area (Å²) in [6.07, 6.45) is 0. The molecule has 0 aliphatic carbocycles. The Hall–Kier alpha value is -2.69. The third-order valence-corrected chi connectivity index (χ3v) is 2.95. The van der Waals surface area contributed by atoms with E-state index in [0.29, 0.717) is 16.9 Å². The Balaban J connectivity index is 2.00. The molecule has 5 heteroatoms. The van der Waals surface area contributed by atoms with Gasteiger partial charge in [-0.1, -0.05) is 0 Å². The Labute approximate surface area is 120 Å². The van der Waals surface area contributed by atoms with Crippen molar-refractivity contribution in [1.29, 1.82) is 0 Å². The number of ether oxygens (including phenoxy) is 1. The molecule has 4 nitrogen and oxygen atoms in total. The molecule has 21 heavy (non-hydrogen) atoms. The third kappa shape index (κ3) is 3.66. The fourth-order valence-electron chi connectivity index (χ4n) is 1.74. The van der Waals surface area contributed by atoms with Crippen LogP contribution in [0.2, 0.25) is 0 Å². The topological polar surface area (TPSA) is 63.6 Å². The van der Waals surface area contributed by atoms with Crippen LogP contribution in [-0.2, 0) is 0 Å². The van der Waals surface area contributed by atoms with Crippen LogP contribution in [0.1, 0.15) is 26.3 Å². The number of hydrogen-bond acceptors (Lipinski definition) is 3. The van der Waals surface area contributed by atoms with E-state index in [-0.39, 0.29) is 23.8 Å². The van der Waals surface area contributed by atoms with E-state index in [1.54, 1.807) is 6.92 Å². The highest BCUT2D eigenvalue weighted by Gasteiger charge is 2.09. The van der Waals surface area contributed by atoms with Gasteiger partial charge in [0.05, 0.1) is 5.56 Å². The Bertz CT molecular complexity index is 677. The van der Waals surface area contributed by atoms with Crippen LogP contribution >= 0.6 is 0 Å². The number of aromatic carboxylic acids is 1. The van der Waals surface area contributed by atoms with Crippen LogP contribution in [0, 0.1) is 12.7 Å². The lowest BCUT2D eigenvalue weighted by atomic mass is 10.1. The number of carbonyl (C=O) groups excluding carboxylic acids is 1. The number of benzene rings is 2. The molecule has 2 aromatic rings. The number of ketones is 1. The van der Waals surface area contributed by atoms with Crippen molar-refractivity contribution in [3.05, 3.63) is 65.0 Å². The first-order valence-corrected chi connectivity index (χ1v) is 6.23. The highest BCUT2D eigenvalue weighted by Crippen LogP contribution is 2.14. The first kappa shape index (κ1) is 14.7. The maximum Gasteiger partial charge on any atom is 0.335 e. The van der Waals surface area contributed by atoms with Gasteiger partial charge in [0.25, 0.3) is 0 Å². The van der Waals surface area contributed by atoms with Crippen molar-refractivity contribution >= 4 is 11.8 Å². The van der Waals surface area contributed by atoms with Crippen LogP contribution in [0.15, 0.2) is 42.5 Å². The van der Waals surface area contributed by atoms with Crippen molar-refractivity contribution in [2.24, 2.45) is 0 Å². The van der Waals surface area contributed by atoms with Crippen LogP contribution in [0.3, 0.4) is 0 Å². The molecule has 0 unspecified atom stereocenters. The van der Waals surface area contributed by atoms with Crippen LogP contribution in [0.25, 0.3) is 0 Å². The minimum Gasteiger partial charge on any atom is -0.485 e. The van der Waals surface area contributed by atoms with E-state index < -0.39 is 5.97 Å². The van der Waals surface area contributed by atoms with Gasteiger partial charge in [-0.25, -0.2) is 9.18 Å². The second kappa shape index (κ2) is 6.17. The minimum absolute atomic E-state index is 0.142. The van der Waals surface area contributed by atoms with E-state index in [0.717, 1.165) is 0 Å². The second-order valence-electron chi connectivity index (χ2n) is 4.51. The van der Waals surface area contributed by atoms with Gasteiger partial charge in [0.1, 0.15) is 11.6 Å². The molecule has 0 spiro atoms. The SMILES string of the molecule is Cc1cc(C(=O)COc2ccc(C(=O)O)cc2)ccc1F. The Morgan fingerprint density at radius 1 is 1.10 bits per heavy atom. The zero-order valence-electron chi connectivity index (χ0n) is 11.3. The first-order valence-electron chi connectivity index (χ1n) is 6.23.